The van der Waals surface area contributed by atoms with Crippen LogP contribution < -0.4 is 30.9 Å². The summed E-state index contributed by atoms with van der Waals surface area (Å²) in [4.78, 5) is 72.1. The second-order valence-corrected chi connectivity index (χ2v) is 18.6. The van der Waals surface area contributed by atoms with Gasteiger partial charge in [-0.25, -0.2) is 18.4 Å². The number of nitrogens with zero attached hydrogens (tertiary/aromatic N) is 7. The van der Waals surface area contributed by atoms with Crippen molar-refractivity contribution in [3.05, 3.63) is 78.1 Å². The number of carbonyl (C=O) groups excluding carboxylic acids is 4. The number of fused-ring (bicyclic) bond motifs is 1. The van der Waals surface area contributed by atoms with Crippen LogP contribution in [0.5, 0.6) is 5.75 Å². The van der Waals surface area contributed by atoms with E-state index in [9.17, 15) is 27.6 Å². The van der Waals surface area contributed by atoms with Gasteiger partial charge in [0.25, 0.3) is 5.91 Å². The van der Waals surface area contributed by atoms with Gasteiger partial charge in [0.1, 0.15) is 18.1 Å². The van der Waals surface area contributed by atoms with Crippen molar-refractivity contribution in [2.24, 2.45) is 0 Å². The van der Waals surface area contributed by atoms with Crippen LogP contribution in [0.15, 0.2) is 71.9 Å². The molecule has 18 nitrogen and oxygen atoms in total. The molecule has 0 aliphatic carbocycles. The predicted octanol–water partition coefficient (Wildman–Crippen LogP) is 3.54. The summed E-state index contributed by atoms with van der Waals surface area (Å²) in [5, 5.41) is 11.2. The van der Waals surface area contributed by atoms with E-state index in [1.54, 1.807) is 57.4 Å². The van der Waals surface area contributed by atoms with Gasteiger partial charge in [-0.2, -0.15) is 4.98 Å². The van der Waals surface area contributed by atoms with Crippen LogP contribution in [0.1, 0.15) is 55.5 Å². The molecule has 1 unspecified atom stereocenters. The fraction of sp³-hybridized carbons (Fsp3) is 0.419. The van der Waals surface area contributed by atoms with Gasteiger partial charge in [0.2, 0.25) is 29.6 Å². The zero-order chi connectivity index (χ0) is 43.5. The monoisotopic (exact) mass is 865 g/mol. The summed E-state index contributed by atoms with van der Waals surface area (Å²) in [5.41, 5.74) is 4.02. The number of anilines is 6. The number of methoxy groups -OCH3 is 1. The predicted molar refractivity (Wildman–Crippen MR) is 233 cm³/mol. The molecule has 3 fully saturated rings. The number of aromatic nitrogens is 3. The van der Waals surface area contributed by atoms with Gasteiger partial charge < -0.3 is 35.4 Å². The Morgan fingerprint density at radius 1 is 0.871 bits per heavy atom. The molecule has 4 aromatic rings. The third-order valence-electron chi connectivity index (χ3n) is 12.1. The minimum atomic E-state index is -3.55. The summed E-state index contributed by atoms with van der Waals surface area (Å²) in [6, 6.07) is 17.7. The van der Waals surface area contributed by atoms with E-state index in [4.69, 9.17) is 4.74 Å². The van der Waals surface area contributed by atoms with Crippen LogP contribution in [-0.2, 0) is 30.8 Å². The summed E-state index contributed by atoms with van der Waals surface area (Å²) >= 11 is 0. The second-order valence-electron chi connectivity index (χ2n) is 16.1. The van der Waals surface area contributed by atoms with Gasteiger partial charge >= 0.3 is 0 Å². The molecular weight excluding hydrogens is 815 g/mol. The number of ether oxygens (including phenoxy) is 1. The second kappa shape index (κ2) is 17.9. The van der Waals surface area contributed by atoms with Crippen LogP contribution in [0.4, 0.5) is 34.6 Å². The van der Waals surface area contributed by atoms with E-state index in [-0.39, 0.29) is 54.0 Å². The van der Waals surface area contributed by atoms with Gasteiger partial charge in [0.05, 0.1) is 35.2 Å². The molecule has 4 aliphatic heterocycles. The van der Waals surface area contributed by atoms with Gasteiger partial charge in [-0.15, -0.1) is 0 Å². The van der Waals surface area contributed by atoms with Gasteiger partial charge in [-0.1, -0.05) is 18.2 Å². The highest BCUT2D eigenvalue weighted by atomic mass is 32.2. The topological polar surface area (TPSA) is 211 Å². The number of imide groups is 1. The Kier molecular flexibility index (Phi) is 12.3. The van der Waals surface area contributed by atoms with Crippen molar-refractivity contribution in [2.45, 2.75) is 68.3 Å². The Balaban J connectivity index is 0.809. The van der Waals surface area contributed by atoms with E-state index in [0.717, 1.165) is 50.3 Å². The van der Waals surface area contributed by atoms with Crippen LogP contribution in [0, 0.1) is 0 Å². The molecule has 0 radical (unpaired) electrons. The van der Waals surface area contributed by atoms with Crippen molar-refractivity contribution in [1.82, 2.24) is 35.0 Å². The van der Waals surface area contributed by atoms with Crippen molar-refractivity contribution in [3.8, 4) is 5.75 Å². The molecule has 4 aliphatic rings. The maximum atomic E-state index is 13.4. The zero-order valence-electron chi connectivity index (χ0n) is 35.0. The molecule has 1 aromatic heterocycles. The first-order valence-electron chi connectivity index (χ1n) is 20.9. The van der Waals surface area contributed by atoms with E-state index in [2.05, 4.69) is 46.0 Å². The lowest BCUT2D eigenvalue weighted by Crippen LogP contribution is -2.55. The average Bonchev–Trinajstić information content (AvgIpc) is 3.62. The van der Waals surface area contributed by atoms with Crippen LogP contribution in [0.2, 0.25) is 0 Å². The lowest BCUT2D eigenvalue weighted by atomic mass is 10.0. The van der Waals surface area contributed by atoms with Crippen molar-refractivity contribution in [2.75, 3.05) is 73.8 Å². The molecule has 0 bridgehead atoms. The first kappa shape index (κ1) is 42.4. The number of piperidine rings is 2. The zero-order valence-corrected chi connectivity index (χ0v) is 35.8. The van der Waals surface area contributed by atoms with Crippen LogP contribution in [0.3, 0.4) is 0 Å². The van der Waals surface area contributed by atoms with E-state index in [1.807, 2.05) is 29.2 Å². The molecule has 0 spiro atoms. The quantitative estimate of drug-likeness (QED) is 0.142. The highest BCUT2D eigenvalue weighted by Gasteiger charge is 2.40. The number of nitrogens with one attached hydrogen (secondary N) is 4. The molecular formula is C43H51N11O7S. The number of sulfone groups is 1. The number of amides is 4. The van der Waals surface area contributed by atoms with E-state index < -0.39 is 27.0 Å². The van der Waals surface area contributed by atoms with Gasteiger partial charge in [0.15, 0.2) is 9.84 Å². The molecule has 3 aromatic carbocycles. The van der Waals surface area contributed by atoms with Crippen molar-refractivity contribution in [1.29, 1.82) is 0 Å². The molecule has 326 valence electrons. The Hall–Kier alpha value is -6.34. The van der Waals surface area contributed by atoms with Crippen LogP contribution >= 0.6 is 0 Å². The lowest BCUT2D eigenvalue weighted by Gasteiger charge is -2.43. The van der Waals surface area contributed by atoms with Crippen LogP contribution in [0.25, 0.3) is 0 Å². The maximum Gasteiger partial charge on any atom is 0.255 e. The van der Waals surface area contributed by atoms with Crippen LogP contribution in [-0.4, -0.2) is 132 Å². The highest BCUT2D eigenvalue weighted by Crippen LogP contribution is 2.35. The summed E-state index contributed by atoms with van der Waals surface area (Å²) < 4.78 is 31.7. The van der Waals surface area contributed by atoms with Crippen molar-refractivity contribution < 1.29 is 32.3 Å². The summed E-state index contributed by atoms with van der Waals surface area (Å²) in [6.45, 7) is 8.19. The molecule has 19 heteroatoms. The lowest BCUT2D eigenvalue weighted by molar-refractivity contribution is -0.137. The molecule has 4 N–H and O–H groups in total. The first-order chi connectivity index (χ1) is 29.9. The molecule has 5 heterocycles. The number of para-hydroxylation sites is 1. The van der Waals surface area contributed by atoms with E-state index >= 15 is 0 Å². The number of rotatable bonds is 13. The minimum absolute atomic E-state index is 0.0107. The number of hydrogen-bond acceptors (Lipinski definition) is 15. The number of benzene rings is 3. The standard InChI is InChI=1S/C43H51N11O7S/c1-27(2)62(59,60)37-10-5-4-8-34(37)48-43-46-26-45-42(50-43)47-33-12-11-29(23-36(33)61-3)51-17-15-28(16-18-51)52-19-21-53(22-20-52)39(56)24-44-32-9-6-7-30-31(32)25-54(41(30)58)35-13-14-38(55)49-40(35)57/h4-12,23,26-28,35,44H,13-22,24-25H2,1-3H3,(H,49,55,57)(H2,45,46,47,48,50). The molecule has 62 heavy (non-hydrogen) atoms. The molecule has 0 saturated carbocycles. The van der Waals surface area contributed by atoms with Gasteiger partial charge in [0, 0.05) is 86.8 Å². The largest absolute Gasteiger partial charge is 0.494 e. The van der Waals surface area contributed by atoms with Gasteiger partial charge in [-0.05, 0) is 69.5 Å². The van der Waals surface area contributed by atoms with E-state index in [1.165, 1.54) is 11.2 Å². The molecule has 8 rings (SSSR count). The SMILES string of the molecule is COc1cc(N2CCC(N3CCN(C(=O)CNc4cccc5c4CN(C4CCC(=O)NC4=O)C5=O)CC3)CC2)ccc1Nc1ncnc(Nc2ccccc2S(=O)(=O)C(C)C)n1. The fourth-order valence-electron chi connectivity index (χ4n) is 8.57. The van der Waals surface area contributed by atoms with Gasteiger partial charge in [-0.3, -0.25) is 29.4 Å². The Morgan fingerprint density at radius 3 is 2.29 bits per heavy atom. The third kappa shape index (κ3) is 8.85. The number of carbonyl (C=O) groups is 4. The maximum absolute atomic E-state index is 13.4. The summed E-state index contributed by atoms with van der Waals surface area (Å²) in [6.07, 6.45) is 3.79. The first-order valence-corrected chi connectivity index (χ1v) is 22.5. The smallest absolute Gasteiger partial charge is 0.255 e. The Morgan fingerprint density at radius 2 is 1.58 bits per heavy atom. The minimum Gasteiger partial charge on any atom is -0.494 e. The number of hydrogen-bond donors (Lipinski definition) is 4. The third-order valence-corrected chi connectivity index (χ3v) is 14.3. The average molecular weight is 866 g/mol. The molecule has 3 saturated heterocycles. The van der Waals surface area contributed by atoms with Crippen molar-refractivity contribution >= 4 is 68.1 Å². The van der Waals surface area contributed by atoms with E-state index in [0.29, 0.717) is 53.9 Å². The Labute approximate surface area is 360 Å². The highest BCUT2D eigenvalue weighted by molar-refractivity contribution is 7.92. The fourth-order valence-corrected chi connectivity index (χ4v) is 9.77. The normalized spacial score (nSPS) is 18.7. The molecule has 1 atom stereocenters. The summed E-state index contributed by atoms with van der Waals surface area (Å²) in [7, 11) is -1.94. The summed E-state index contributed by atoms with van der Waals surface area (Å²) in [5.74, 6) is 0.0168. The number of piperazine rings is 1. The molecule has 4 amide bonds. The Bertz CT molecular complexity index is 2470. The van der Waals surface area contributed by atoms with Crippen molar-refractivity contribution in [3.63, 3.8) is 0 Å².